The van der Waals surface area contributed by atoms with Gasteiger partial charge in [-0.15, -0.1) is 0 Å². The summed E-state index contributed by atoms with van der Waals surface area (Å²) in [6, 6.07) is 0.273. The maximum Gasteiger partial charge on any atom is 0.267 e. The molecule has 2 rings (SSSR count). The Hall–Kier alpha value is -0.920. The molecule has 1 fully saturated rings. The number of halogens is 1. The third-order valence-electron chi connectivity index (χ3n) is 3.44. The van der Waals surface area contributed by atoms with Gasteiger partial charge in [-0.25, -0.2) is 4.98 Å². The van der Waals surface area contributed by atoms with E-state index < -0.39 is 0 Å². The molecule has 1 aliphatic rings. The molecule has 5 nitrogen and oxygen atoms in total. The third kappa shape index (κ3) is 3.77. The fraction of sp³-hybridized carbons (Fsp3) is 0.615. The molecule has 19 heavy (non-hydrogen) atoms. The van der Waals surface area contributed by atoms with Crippen LogP contribution in [0.4, 0.5) is 0 Å². The monoisotopic (exact) mass is 375 g/mol. The van der Waals surface area contributed by atoms with Crippen molar-refractivity contribution in [3.05, 3.63) is 25.9 Å². The number of aromatic nitrogens is 2. The van der Waals surface area contributed by atoms with Crippen LogP contribution in [-0.4, -0.2) is 21.5 Å². The quantitative estimate of drug-likeness (QED) is 0.817. The van der Waals surface area contributed by atoms with E-state index in [-0.39, 0.29) is 24.1 Å². The van der Waals surface area contributed by atoms with Gasteiger partial charge in [0.1, 0.15) is 6.54 Å². The summed E-state index contributed by atoms with van der Waals surface area (Å²) in [5, 5.41) is 3.00. The fourth-order valence-electron chi connectivity index (χ4n) is 2.33. The molecular formula is C13H18IN3O2. The molecule has 0 atom stereocenters. The number of hydrogen-bond donors (Lipinski definition) is 1. The molecule has 1 aromatic rings. The lowest BCUT2D eigenvalue weighted by Gasteiger charge is -2.22. The lowest BCUT2D eigenvalue weighted by molar-refractivity contribution is -0.122. The molecule has 6 heteroatoms. The van der Waals surface area contributed by atoms with Gasteiger partial charge in [-0.2, -0.15) is 0 Å². The standard InChI is InChI=1S/C13H18IN3O2/c1-9-12(14)13(19)17(8-15-9)7-11(18)16-10-5-3-2-4-6-10/h8,10H,2-7H2,1H3,(H,16,18). The van der Waals surface area contributed by atoms with Crippen molar-refractivity contribution in [2.45, 2.75) is 51.6 Å². The third-order valence-corrected chi connectivity index (χ3v) is 4.68. The molecule has 1 amide bonds. The zero-order valence-electron chi connectivity index (χ0n) is 11.0. The average molecular weight is 375 g/mol. The van der Waals surface area contributed by atoms with Crippen LogP contribution >= 0.6 is 22.6 Å². The minimum absolute atomic E-state index is 0.0542. The predicted molar refractivity (Wildman–Crippen MR) is 81.0 cm³/mol. The van der Waals surface area contributed by atoms with Gasteiger partial charge in [0.15, 0.2) is 0 Å². The number of carbonyl (C=O) groups is 1. The van der Waals surface area contributed by atoms with E-state index in [9.17, 15) is 9.59 Å². The van der Waals surface area contributed by atoms with E-state index in [1.165, 1.54) is 30.2 Å². The lowest BCUT2D eigenvalue weighted by Crippen LogP contribution is -2.40. The Kier molecular flexibility index (Phi) is 4.95. The highest BCUT2D eigenvalue weighted by molar-refractivity contribution is 14.1. The normalized spacial score (nSPS) is 16.3. The van der Waals surface area contributed by atoms with Gasteiger partial charge in [0.05, 0.1) is 15.6 Å². The second-order valence-corrected chi connectivity index (χ2v) is 6.06. The van der Waals surface area contributed by atoms with E-state index in [1.54, 1.807) is 6.92 Å². The van der Waals surface area contributed by atoms with Gasteiger partial charge in [-0.3, -0.25) is 14.2 Å². The van der Waals surface area contributed by atoms with Gasteiger partial charge in [0, 0.05) is 6.04 Å². The summed E-state index contributed by atoms with van der Waals surface area (Å²) >= 11 is 1.97. The SMILES string of the molecule is Cc1ncn(CC(=O)NC2CCCCC2)c(=O)c1I. The molecule has 1 aliphatic carbocycles. The zero-order chi connectivity index (χ0) is 13.8. The second kappa shape index (κ2) is 6.49. The first-order valence-electron chi connectivity index (χ1n) is 6.59. The van der Waals surface area contributed by atoms with Gasteiger partial charge < -0.3 is 5.32 Å². The minimum atomic E-state index is -0.146. The van der Waals surface area contributed by atoms with Crippen LogP contribution in [0, 0.1) is 10.5 Å². The smallest absolute Gasteiger partial charge is 0.267 e. The molecule has 0 saturated heterocycles. The molecule has 0 unspecified atom stereocenters. The number of amides is 1. The largest absolute Gasteiger partial charge is 0.352 e. The number of aryl methyl sites for hydroxylation is 1. The van der Waals surface area contributed by atoms with Crippen molar-refractivity contribution < 1.29 is 4.79 Å². The van der Waals surface area contributed by atoms with Gasteiger partial charge in [0.25, 0.3) is 5.56 Å². The van der Waals surface area contributed by atoms with E-state index in [0.29, 0.717) is 9.26 Å². The van der Waals surface area contributed by atoms with Crippen molar-refractivity contribution >= 4 is 28.5 Å². The number of nitrogens with one attached hydrogen (secondary N) is 1. The van der Waals surface area contributed by atoms with E-state index in [4.69, 9.17) is 0 Å². The summed E-state index contributed by atoms with van der Waals surface area (Å²) in [6.45, 7) is 1.84. The van der Waals surface area contributed by atoms with E-state index >= 15 is 0 Å². The first kappa shape index (κ1) is 14.5. The van der Waals surface area contributed by atoms with Crippen molar-refractivity contribution in [2.24, 2.45) is 0 Å². The topological polar surface area (TPSA) is 64.0 Å². The first-order valence-corrected chi connectivity index (χ1v) is 7.66. The molecule has 0 aromatic carbocycles. The highest BCUT2D eigenvalue weighted by atomic mass is 127. The molecule has 0 spiro atoms. The Bertz CT molecular complexity index is 521. The van der Waals surface area contributed by atoms with Crippen molar-refractivity contribution in [3.8, 4) is 0 Å². The molecular weight excluding hydrogens is 357 g/mol. The van der Waals surface area contributed by atoms with Crippen LogP contribution in [0.5, 0.6) is 0 Å². The van der Waals surface area contributed by atoms with Crippen LogP contribution in [0.25, 0.3) is 0 Å². The molecule has 1 N–H and O–H groups in total. The lowest BCUT2D eigenvalue weighted by atomic mass is 9.95. The average Bonchev–Trinajstić information content (AvgIpc) is 2.41. The highest BCUT2D eigenvalue weighted by Gasteiger charge is 2.16. The molecule has 104 valence electrons. The summed E-state index contributed by atoms with van der Waals surface area (Å²) in [5.74, 6) is -0.101. The van der Waals surface area contributed by atoms with Crippen molar-refractivity contribution in [1.82, 2.24) is 14.9 Å². The Morgan fingerprint density at radius 1 is 1.47 bits per heavy atom. The van der Waals surface area contributed by atoms with Crippen LogP contribution in [0.2, 0.25) is 0 Å². The zero-order valence-corrected chi connectivity index (χ0v) is 13.1. The summed E-state index contributed by atoms with van der Waals surface area (Å²) in [6.07, 6.45) is 7.14. The summed E-state index contributed by atoms with van der Waals surface area (Å²) in [7, 11) is 0. The number of carbonyl (C=O) groups excluding carboxylic acids is 1. The van der Waals surface area contributed by atoms with Crippen LogP contribution in [-0.2, 0) is 11.3 Å². The number of hydrogen-bond acceptors (Lipinski definition) is 3. The Balaban J connectivity index is 1.99. The summed E-state index contributed by atoms with van der Waals surface area (Å²) in [4.78, 5) is 28.0. The molecule has 1 aromatic heterocycles. The van der Waals surface area contributed by atoms with Crippen LogP contribution in [0.1, 0.15) is 37.8 Å². The van der Waals surface area contributed by atoms with Crippen molar-refractivity contribution in [1.29, 1.82) is 0 Å². The second-order valence-electron chi connectivity index (χ2n) is 4.98. The van der Waals surface area contributed by atoms with Gasteiger partial charge >= 0.3 is 0 Å². The Morgan fingerprint density at radius 2 is 2.16 bits per heavy atom. The molecule has 0 aliphatic heterocycles. The Labute approximate surface area is 125 Å². The maximum absolute atomic E-state index is 12.0. The van der Waals surface area contributed by atoms with Crippen LogP contribution in [0.15, 0.2) is 11.1 Å². The van der Waals surface area contributed by atoms with Gasteiger partial charge in [-0.05, 0) is 42.4 Å². The summed E-state index contributed by atoms with van der Waals surface area (Å²) in [5.41, 5.74) is 0.557. The van der Waals surface area contributed by atoms with Crippen molar-refractivity contribution in [2.75, 3.05) is 0 Å². The van der Waals surface area contributed by atoms with E-state index in [0.717, 1.165) is 12.8 Å². The van der Waals surface area contributed by atoms with Gasteiger partial charge in [-0.1, -0.05) is 19.3 Å². The van der Waals surface area contributed by atoms with Crippen molar-refractivity contribution in [3.63, 3.8) is 0 Å². The maximum atomic E-state index is 12.0. The highest BCUT2D eigenvalue weighted by Crippen LogP contribution is 2.17. The minimum Gasteiger partial charge on any atom is -0.352 e. The first-order chi connectivity index (χ1) is 9.08. The van der Waals surface area contributed by atoms with Crippen LogP contribution < -0.4 is 10.9 Å². The molecule has 1 heterocycles. The molecule has 0 radical (unpaired) electrons. The van der Waals surface area contributed by atoms with Gasteiger partial charge in [0.2, 0.25) is 5.91 Å². The number of rotatable bonds is 3. The fourth-order valence-corrected chi connectivity index (χ4v) is 2.78. The predicted octanol–water partition coefficient (Wildman–Crippen LogP) is 1.61. The summed E-state index contributed by atoms with van der Waals surface area (Å²) < 4.78 is 1.94. The van der Waals surface area contributed by atoms with Crippen LogP contribution in [0.3, 0.4) is 0 Å². The molecule has 1 saturated carbocycles. The van der Waals surface area contributed by atoms with E-state index in [1.807, 2.05) is 22.6 Å². The Morgan fingerprint density at radius 3 is 2.84 bits per heavy atom. The number of nitrogens with zero attached hydrogens (tertiary/aromatic N) is 2. The molecule has 0 bridgehead atoms. The van der Waals surface area contributed by atoms with E-state index in [2.05, 4.69) is 10.3 Å².